The van der Waals surface area contributed by atoms with E-state index in [9.17, 15) is 9.59 Å². The highest BCUT2D eigenvalue weighted by Crippen LogP contribution is 2.29. The lowest BCUT2D eigenvalue weighted by molar-refractivity contribution is -0.140. The van der Waals surface area contributed by atoms with Crippen molar-refractivity contribution >= 4 is 17.5 Å². The van der Waals surface area contributed by atoms with Crippen LogP contribution in [0.2, 0.25) is 0 Å². The van der Waals surface area contributed by atoms with Crippen LogP contribution in [0.15, 0.2) is 48.5 Å². The molecule has 3 rings (SSSR count). The lowest BCUT2D eigenvalue weighted by Crippen LogP contribution is -2.44. The van der Waals surface area contributed by atoms with Crippen LogP contribution < -0.4 is 14.8 Å². The SMILES string of the molecule is CCN(CC(=O)Nc1cccc(OC)c1)C(=O)C1Cc2ccccc2O1. The average Bonchev–Trinajstić information content (AvgIpc) is 3.10. The Morgan fingerprint density at radius 3 is 2.77 bits per heavy atom. The molecule has 0 saturated carbocycles. The summed E-state index contributed by atoms with van der Waals surface area (Å²) in [4.78, 5) is 26.6. The number of rotatable bonds is 6. The molecule has 26 heavy (non-hydrogen) atoms. The molecular weight excluding hydrogens is 332 g/mol. The fourth-order valence-corrected chi connectivity index (χ4v) is 2.94. The van der Waals surface area contributed by atoms with Crippen LogP contribution in [0.4, 0.5) is 5.69 Å². The van der Waals surface area contributed by atoms with Crippen molar-refractivity contribution < 1.29 is 19.1 Å². The van der Waals surface area contributed by atoms with Gasteiger partial charge in [-0.25, -0.2) is 0 Å². The van der Waals surface area contributed by atoms with Gasteiger partial charge in [-0.3, -0.25) is 9.59 Å². The van der Waals surface area contributed by atoms with Crippen molar-refractivity contribution in [2.45, 2.75) is 19.4 Å². The summed E-state index contributed by atoms with van der Waals surface area (Å²) in [5, 5.41) is 2.79. The molecule has 2 aromatic rings. The molecule has 0 bridgehead atoms. The maximum Gasteiger partial charge on any atom is 0.264 e. The fourth-order valence-electron chi connectivity index (χ4n) is 2.94. The smallest absolute Gasteiger partial charge is 0.264 e. The monoisotopic (exact) mass is 354 g/mol. The van der Waals surface area contributed by atoms with Gasteiger partial charge in [-0.1, -0.05) is 24.3 Å². The Hall–Kier alpha value is -3.02. The second kappa shape index (κ2) is 7.91. The topological polar surface area (TPSA) is 67.9 Å². The molecule has 1 heterocycles. The van der Waals surface area contributed by atoms with Crippen LogP contribution in [0.3, 0.4) is 0 Å². The number of fused-ring (bicyclic) bond motifs is 1. The average molecular weight is 354 g/mol. The highest BCUT2D eigenvalue weighted by molar-refractivity contribution is 5.95. The number of nitrogens with one attached hydrogen (secondary N) is 1. The maximum absolute atomic E-state index is 12.7. The number of anilines is 1. The first-order chi connectivity index (χ1) is 12.6. The molecule has 0 saturated heterocycles. The van der Waals surface area contributed by atoms with Crippen molar-refractivity contribution in [1.82, 2.24) is 4.90 Å². The van der Waals surface area contributed by atoms with Gasteiger partial charge in [0.15, 0.2) is 6.10 Å². The van der Waals surface area contributed by atoms with Crippen LogP contribution in [-0.4, -0.2) is 43.0 Å². The number of methoxy groups -OCH3 is 1. The van der Waals surface area contributed by atoms with E-state index in [4.69, 9.17) is 9.47 Å². The zero-order valence-corrected chi connectivity index (χ0v) is 14.9. The molecule has 0 aliphatic carbocycles. The molecule has 1 unspecified atom stereocenters. The molecule has 1 atom stereocenters. The zero-order chi connectivity index (χ0) is 18.5. The first-order valence-corrected chi connectivity index (χ1v) is 8.58. The van der Waals surface area contributed by atoms with Crippen molar-refractivity contribution in [2.75, 3.05) is 25.5 Å². The third-order valence-electron chi connectivity index (χ3n) is 4.30. The molecule has 6 heteroatoms. The van der Waals surface area contributed by atoms with Crippen LogP contribution in [0, 0.1) is 0 Å². The normalized spacial score (nSPS) is 14.9. The number of carbonyl (C=O) groups is 2. The van der Waals surface area contributed by atoms with Crippen LogP contribution in [0.25, 0.3) is 0 Å². The van der Waals surface area contributed by atoms with Crippen molar-refractivity contribution in [2.24, 2.45) is 0 Å². The molecule has 0 fully saturated rings. The van der Waals surface area contributed by atoms with Crippen molar-refractivity contribution in [3.8, 4) is 11.5 Å². The molecule has 0 aromatic heterocycles. The van der Waals surface area contributed by atoms with E-state index < -0.39 is 6.10 Å². The van der Waals surface area contributed by atoms with E-state index in [0.29, 0.717) is 24.4 Å². The molecule has 2 aromatic carbocycles. The molecule has 1 N–H and O–H groups in total. The molecule has 1 aliphatic heterocycles. The number of hydrogen-bond donors (Lipinski definition) is 1. The van der Waals surface area contributed by atoms with E-state index in [0.717, 1.165) is 11.3 Å². The molecule has 0 radical (unpaired) electrons. The minimum absolute atomic E-state index is 0.0251. The first-order valence-electron chi connectivity index (χ1n) is 8.58. The van der Waals surface area contributed by atoms with E-state index in [2.05, 4.69) is 5.32 Å². The quantitative estimate of drug-likeness (QED) is 0.865. The molecule has 2 amide bonds. The lowest BCUT2D eigenvalue weighted by atomic mass is 10.1. The lowest BCUT2D eigenvalue weighted by Gasteiger charge is -2.23. The highest BCUT2D eigenvalue weighted by atomic mass is 16.5. The summed E-state index contributed by atoms with van der Waals surface area (Å²) in [7, 11) is 1.57. The molecule has 1 aliphatic rings. The predicted octanol–water partition coefficient (Wildman–Crippen LogP) is 2.49. The standard InChI is InChI=1S/C20H22N2O4/c1-3-22(13-19(23)21-15-8-6-9-16(12-15)25-2)20(24)18-11-14-7-4-5-10-17(14)26-18/h4-10,12,18H,3,11,13H2,1-2H3,(H,21,23). The van der Waals surface area contributed by atoms with Crippen molar-refractivity contribution in [1.29, 1.82) is 0 Å². The van der Waals surface area contributed by atoms with Crippen molar-refractivity contribution in [3.05, 3.63) is 54.1 Å². The Balaban J connectivity index is 1.60. The minimum atomic E-state index is -0.572. The summed E-state index contributed by atoms with van der Waals surface area (Å²) >= 11 is 0. The summed E-state index contributed by atoms with van der Waals surface area (Å²) in [5.41, 5.74) is 1.64. The maximum atomic E-state index is 12.7. The van der Waals surface area contributed by atoms with Gasteiger partial charge in [0.25, 0.3) is 5.91 Å². The molecular formula is C20H22N2O4. The third-order valence-corrected chi connectivity index (χ3v) is 4.30. The third kappa shape index (κ3) is 3.96. The Labute approximate surface area is 152 Å². The highest BCUT2D eigenvalue weighted by Gasteiger charge is 2.32. The number of nitrogens with zero attached hydrogens (tertiary/aromatic N) is 1. The van der Waals surface area contributed by atoms with E-state index >= 15 is 0 Å². The number of para-hydroxylation sites is 1. The Morgan fingerprint density at radius 1 is 1.23 bits per heavy atom. The second-order valence-corrected chi connectivity index (χ2v) is 6.05. The van der Waals surface area contributed by atoms with E-state index in [1.165, 1.54) is 4.90 Å². The van der Waals surface area contributed by atoms with E-state index in [1.54, 1.807) is 31.4 Å². The second-order valence-electron chi connectivity index (χ2n) is 6.05. The van der Waals surface area contributed by atoms with Gasteiger partial charge >= 0.3 is 0 Å². The van der Waals surface area contributed by atoms with E-state index in [1.807, 2.05) is 31.2 Å². The van der Waals surface area contributed by atoms with Gasteiger partial charge in [-0.05, 0) is 30.7 Å². The summed E-state index contributed by atoms with van der Waals surface area (Å²) in [6, 6.07) is 14.7. The van der Waals surface area contributed by atoms with Gasteiger partial charge in [-0.15, -0.1) is 0 Å². The van der Waals surface area contributed by atoms with Crippen LogP contribution in [0.1, 0.15) is 12.5 Å². The van der Waals surface area contributed by atoms with Crippen LogP contribution >= 0.6 is 0 Å². The Kier molecular flexibility index (Phi) is 5.41. The van der Waals surface area contributed by atoms with Crippen LogP contribution in [0.5, 0.6) is 11.5 Å². The summed E-state index contributed by atoms with van der Waals surface area (Å²) in [6.45, 7) is 2.25. The number of benzene rings is 2. The number of likely N-dealkylation sites (N-methyl/N-ethyl adjacent to an activating group) is 1. The zero-order valence-electron chi connectivity index (χ0n) is 14.9. The van der Waals surface area contributed by atoms with Gasteiger partial charge in [0.05, 0.1) is 13.7 Å². The fraction of sp³-hybridized carbons (Fsp3) is 0.300. The summed E-state index contributed by atoms with van der Waals surface area (Å²) in [6.07, 6.45) is -0.0415. The number of ether oxygens (including phenoxy) is 2. The molecule has 6 nitrogen and oxygen atoms in total. The predicted molar refractivity (Wildman–Crippen MR) is 98.4 cm³/mol. The van der Waals surface area contributed by atoms with Gasteiger partial charge in [0.2, 0.25) is 5.91 Å². The van der Waals surface area contributed by atoms with E-state index in [-0.39, 0.29) is 18.4 Å². The van der Waals surface area contributed by atoms with Gasteiger partial charge in [0.1, 0.15) is 11.5 Å². The number of hydrogen-bond acceptors (Lipinski definition) is 4. The Bertz CT molecular complexity index is 781. The summed E-state index contributed by atoms with van der Waals surface area (Å²) < 4.78 is 10.9. The van der Waals surface area contributed by atoms with Gasteiger partial charge < -0.3 is 19.7 Å². The Morgan fingerprint density at radius 2 is 2.04 bits per heavy atom. The first kappa shape index (κ1) is 17.8. The minimum Gasteiger partial charge on any atom is -0.497 e. The largest absolute Gasteiger partial charge is 0.497 e. The molecule has 0 spiro atoms. The van der Waals surface area contributed by atoms with Crippen molar-refractivity contribution in [3.63, 3.8) is 0 Å². The van der Waals surface area contributed by atoms with Crippen LogP contribution in [-0.2, 0) is 16.0 Å². The van der Waals surface area contributed by atoms with Gasteiger partial charge in [0, 0.05) is 24.7 Å². The van der Waals surface area contributed by atoms with Gasteiger partial charge in [-0.2, -0.15) is 0 Å². The number of carbonyl (C=O) groups excluding carboxylic acids is 2. The molecule has 136 valence electrons. The number of amides is 2. The summed E-state index contributed by atoms with van der Waals surface area (Å²) in [5.74, 6) is 0.958.